The van der Waals surface area contributed by atoms with Crippen LogP contribution in [-0.2, 0) is 25.0 Å². The molecule has 0 amide bonds. The van der Waals surface area contributed by atoms with Crippen LogP contribution in [0.2, 0.25) is 0 Å². The van der Waals surface area contributed by atoms with Gasteiger partial charge in [0.2, 0.25) is 0 Å². The number of nitrogens with zero attached hydrogens (tertiary/aromatic N) is 3. The molecule has 0 aliphatic carbocycles. The summed E-state index contributed by atoms with van der Waals surface area (Å²) in [7, 11) is 0. The second kappa shape index (κ2) is 7.78. The molecule has 1 heterocycles. The fraction of sp³-hybridized carbons (Fsp3) is 0.500. The van der Waals surface area contributed by atoms with Crippen LogP contribution in [0, 0.1) is 5.41 Å². The Morgan fingerprint density at radius 2 is 1.46 bits per heavy atom. The second-order valence-electron chi connectivity index (χ2n) is 9.40. The van der Waals surface area contributed by atoms with E-state index in [0.29, 0.717) is 0 Å². The van der Waals surface area contributed by atoms with E-state index in [1.165, 1.54) is 6.08 Å². The first-order valence-electron chi connectivity index (χ1n) is 9.51. The molecule has 2 aromatic rings. The molecule has 0 saturated heterocycles. The standard InChI is InChI=1S/C22H31N3O3/c1-8-12-23-18(26)24(20(28)25(19(23)27)22(5,6)7)15-17-11-9-10-16(13-17)14-21(2,3)4/h8-11,13H,1,12,14-15H2,2-7H3. The van der Waals surface area contributed by atoms with E-state index < -0.39 is 22.6 Å². The van der Waals surface area contributed by atoms with E-state index in [1.807, 2.05) is 24.3 Å². The first-order chi connectivity index (χ1) is 12.8. The Morgan fingerprint density at radius 3 is 2.00 bits per heavy atom. The Kier molecular flexibility index (Phi) is 6.02. The molecule has 0 bridgehead atoms. The van der Waals surface area contributed by atoms with E-state index in [4.69, 9.17) is 0 Å². The lowest BCUT2D eigenvalue weighted by molar-refractivity contribution is 0.326. The summed E-state index contributed by atoms with van der Waals surface area (Å²) in [4.78, 5) is 38.6. The van der Waals surface area contributed by atoms with Crippen LogP contribution in [0.15, 0.2) is 51.3 Å². The molecule has 0 saturated carbocycles. The molecule has 6 nitrogen and oxygen atoms in total. The van der Waals surface area contributed by atoms with Gasteiger partial charge in [-0.05, 0) is 43.7 Å². The van der Waals surface area contributed by atoms with Gasteiger partial charge in [-0.1, -0.05) is 51.1 Å². The molecule has 1 aromatic carbocycles. The fourth-order valence-corrected chi connectivity index (χ4v) is 3.26. The number of aromatic nitrogens is 3. The van der Waals surface area contributed by atoms with E-state index in [-0.39, 0.29) is 18.5 Å². The molecule has 28 heavy (non-hydrogen) atoms. The van der Waals surface area contributed by atoms with Crippen LogP contribution in [0.5, 0.6) is 0 Å². The van der Waals surface area contributed by atoms with Crippen molar-refractivity contribution in [3.63, 3.8) is 0 Å². The van der Waals surface area contributed by atoms with E-state index in [9.17, 15) is 14.4 Å². The summed E-state index contributed by atoms with van der Waals surface area (Å²) in [6.45, 7) is 15.6. The van der Waals surface area contributed by atoms with Crippen molar-refractivity contribution in [2.45, 2.75) is 66.6 Å². The van der Waals surface area contributed by atoms with E-state index in [0.717, 1.165) is 31.2 Å². The van der Waals surface area contributed by atoms with Gasteiger partial charge in [0.25, 0.3) is 0 Å². The zero-order chi connectivity index (χ0) is 21.3. The first kappa shape index (κ1) is 21.7. The summed E-state index contributed by atoms with van der Waals surface area (Å²) >= 11 is 0. The third-order valence-electron chi connectivity index (χ3n) is 4.36. The highest BCUT2D eigenvalue weighted by atomic mass is 16.2. The van der Waals surface area contributed by atoms with Crippen LogP contribution in [0.4, 0.5) is 0 Å². The van der Waals surface area contributed by atoms with Crippen molar-refractivity contribution in [1.82, 2.24) is 13.7 Å². The lowest BCUT2D eigenvalue weighted by atomic mass is 9.88. The first-order valence-corrected chi connectivity index (χ1v) is 9.51. The predicted octanol–water partition coefficient (Wildman–Crippen LogP) is 2.75. The summed E-state index contributed by atoms with van der Waals surface area (Å²) in [6.07, 6.45) is 2.37. The molecule has 0 spiro atoms. The Balaban J connectivity index is 2.64. The minimum atomic E-state index is -0.749. The van der Waals surface area contributed by atoms with Gasteiger partial charge in [0, 0.05) is 5.54 Å². The quantitative estimate of drug-likeness (QED) is 0.744. The molecule has 0 N–H and O–H groups in total. The minimum absolute atomic E-state index is 0.0537. The van der Waals surface area contributed by atoms with Gasteiger partial charge in [0.1, 0.15) is 0 Å². The highest BCUT2D eigenvalue weighted by Crippen LogP contribution is 2.21. The Bertz CT molecular complexity index is 1040. The highest BCUT2D eigenvalue weighted by Gasteiger charge is 2.23. The average Bonchev–Trinajstić information content (AvgIpc) is 2.53. The highest BCUT2D eigenvalue weighted by molar-refractivity contribution is 5.24. The van der Waals surface area contributed by atoms with Gasteiger partial charge in [-0.2, -0.15) is 0 Å². The lowest BCUT2D eigenvalue weighted by Gasteiger charge is -2.23. The largest absolute Gasteiger partial charge is 0.337 e. The predicted molar refractivity (Wildman–Crippen MR) is 113 cm³/mol. The van der Waals surface area contributed by atoms with Gasteiger partial charge in [0.05, 0.1) is 13.1 Å². The second-order valence-corrected chi connectivity index (χ2v) is 9.40. The molecular formula is C22H31N3O3. The number of hydrogen-bond acceptors (Lipinski definition) is 3. The molecule has 152 valence electrons. The maximum atomic E-state index is 13.0. The van der Waals surface area contributed by atoms with Gasteiger partial charge in [0.15, 0.2) is 0 Å². The number of benzene rings is 1. The molecule has 2 rings (SSSR count). The molecule has 6 heteroatoms. The zero-order valence-electron chi connectivity index (χ0n) is 17.8. The van der Waals surface area contributed by atoms with E-state index in [1.54, 1.807) is 20.8 Å². The van der Waals surface area contributed by atoms with Crippen molar-refractivity contribution >= 4 is 0 Å². The molecule has 0 radical (unpaired) electrons. The Hall–Kier alpha value is -2.63. The molecule has 1 aromatic heterocycles. The monoisotopic (exact) mass is 385 g/mol. The van der Waals surface area contributed by atoms with Crippen LogP contribution in [0.25, 0.3) is 0 Å². The van der Waals surface area contributed by atoms with Gasteiger partial charge in [-0.15, -0.1) is 6.58 Å². The van der Waals surface area contributed by atoms with Crippen molar-refractivity contribution in [3.8, 4) is 0 Å². The average molecular weight is 386 g/mol. The SMILES string of the molecule is C=CCn1c(=O)n(Cc2cccc(CC(C)(C)C)c2)c(=O)n(C(C)(C)C)c1=O. The van der Waals surface area contributed by atoms with Crippen LogP contribution >= 0.6 is 0 Å². The number of allylic oxidation sites excluding steroid dienone is 1. The third kappa shape index (κ3) is 4.80. The Morgan fingerprint density at radius 1 is 0.893 bits per heavy atom. The molecule has 0 aliphatic heterocycles. The van der Waals surface area contributed by atoms with E-state index >= 15 is 0 Å². The summed E-state index contributed by atoms with van der Waals surface area (Å²) in [5.74, 6) is 0. The Labute approximate surface area is 165 Å². The van der Waals surface area contributed by atoms with Crippen LogP contribution in [0.3, 0.4) is 0 Å². The zero-order valence-corrected chi connectivity index (χ0v) is 17.8. The van der Waals surface area contributed by atoms with Crippen molar-refractivity contribution in [1.29, 1.82) is 0 Å². The maximum absolute atomic E-state index is 13.0. The normalized spacial score (nSPS) is 12.2. The van der Waals surface area contributed by atoms with Crippen LogP contribution in [-0.4, -0.2) is 13.7 Å². The van der Waals surface area contributed by atoms with Gasteiger partial charge >= 0.3 is 17.1 Å². The third-order valence-corrected chi connectivity index (χ3v) is 4.36. The van der Waals surface area contributed by atoms with Crippen LogP contribution < -0.4 is 17.1 Å². The van der Waals surface area contributed by atoms with Gasteiger partial charge < -0.3 is 0 Å². The van der Waals surface area contributed by atoms with Crippen molar-refractivity contribution in [2.24, 2.45) is 5.41 Å². The molecule has 0 unspecified atom stereocenters. The summed E-state index contributed by atoms with van der Waals surface area (Å²) in [6, 6.07) is 7.89. The number of hydrogen-bond donors (Lipinski definition) is 0. The molecule has 0 fully saturated rings. The maximum Gasteiger partial charge on any atom is 0.337 e. The summed E-state index contributed by atoms with van der Waals surface area (Å²) < 4.78 is 3.32. The van der Waals surface area contributed by atoms with Gasteiger partial charge in [-0.25, -0.2) is 28.1 Å². The van der Waals surface area contributed by atoms with E-state index in [2.05, 4.69) is 27.4 Å². The van der Waals surface area contributed by atoms with Crippen molar-refractivity contribution in [2.75, 3.05) is 0 Å². The number of rotatable bonds is 5. The smallest absolute Gasteiger partial charge is 0.247 e. The van der Waals surface area contributed by atoms with Crippen LogP contribution in [0.1, 0.15) is 52.7 Å². The van der Waals surface area contributed by atoms with Crippen molar-refractivity contribution < 1.29 is 0 Å². The lowest BCUT2D eigenvalue weighted by Crippen LogP contribution is -2.58. The van der Waals surface area contributed by atoms with Crippen molar-refractivity contribution in [3.05, 3.63) is 79.5 Å². The summed E-state index contributed by atoms with van der Waals surface area (Å²) in [5, 5.41) is 0. The molecule has 0 aliphatic rings. The summed E-state index contributed by atoms with van der Waals surface area (Å²) in [5.41, 5.74) is -0.439. The topological polar surface area (TPSA) is 66.0 Å². The fourth-order valence-electron chi connectivity index (χ4n) is 3.26. The van der Waals surface area contributed by atoms with Gasteiger partial charge in [-0.3, -0.25) is 0 Å². The molecule has 0 atom stereocenters. The minimum Gasteiger partial charge on any atom is -0.247 e. The molecular weight excluding hydrogens is 354 g/mol.